The van der Waals surface area contributed by atoms with Crippen LogP contribution >= 0.6 is 0 Å². The molecular formula is C18H21N3O3. The lowest BCUT2D eigenvalue weighted by Crippen LogP contribution is -2.09. The Balaban J connectivity index is 1.67. The molecule has 3 rings (SSSR count). The smallest absolute Gasteiger partial charge is 0.249 e. The number of carbonyl (C=O) groups excluding carboxylic acids is 1. The van der Waals surface area contributed by atoms with E-state index in [-0.39, 0.29) is 5.91 Å². The van der Waals surface area contributed by atoms with Gasteiger partial charge in [-0.1, -0.05) is 6.07 Å². The summed E-state index contributed by atoms with van der Waals surface area (Å²) in [5.74, 6) is 2.22. The first-order valence-corrected chi connectivity index (χ1v) is 7.88. The Bertz CT molecular complexity index is 776. The number of nitrogens with zero attached hydrogens (tertiary/aromatic N) is 1. The van der Waals surface area contributed by atoms with E-state index in [1.165, 1.54) is 18.9 Å². The number of amides is 1. The molecule has 0 atom stereocenters. The van der Waals surface area contributed by atoms with Gasteiger partial charge in [-0.05, 0) is 43.5 Å². The third-order valence-corrected chi connectivity index (χ3v) is 4.11. The van der Waals surface area contributed by atoms with E-state index >= 15 is 0 Å². The van der Waals surface area contributed by atoms with Crippen molar-refractivity contribution >= 4 is 17.8 Å². The van der Waals surface area contributed by atoms with Crippen molar-refractivity contribution in [2.75, 3.05) is 19.5 Å². The van der Waals surface area contributed by atoms with Gasteiger partial charge in [0.25, 0.3) is 0 Å². The number of benzene rings is 1. The molecule has 2 N–H and O–H groups in total. The predicted molar refractivity (Wildman–Crippen MR) is 92.5 cm³/mol. The van der Waals surface area contributed by atoms with Crippen LogP contribution in [-0.2, 0) is 4.79 Å². The second kappa shape index (κ2) is 6.78. The lowest BCUT2D eigenvalue weighted by Gasteiger charge is -2.07. The van der Waals surface area contributed by atoms with Crippen molar-refractivity contribution in [2.45, 2.75) is 25.7 Å². The maximum atomic E-state index is 12.1. The highest BCUT2D eigenvalue weighted by Crippen LogP contribution is 2.41. The van der Waals surface area contributed by atoms with Crippen molar-refractivity contribution in [1.29, 1.82) is 0 Å². The van der Waals surface area contributed by atoms with Crippen LogP contribution in [-0.4, -0.2) is 30.3 Å². The molecule has 0 spiro atoms. The number of rotatable bonds is 6. The lowest BCUT2D eigenvalue weighted by atomic mass is 10.2. The first-order valence-electron chi connectivity index (χ1n) is 7.88. The summed E-state index contributed by atoms with van der Waals surface area (Å²) in [5, 5.41) is 10.0. The maximum Gasteiger partial charge on any atom is 0.249 e. The molecule has 0 unspecified atom stereocenters. The number of anilines is 1. The molecule has 6 nitrogen and oxygen atoms in total. The second-order valence-electron chi connectivity index (χ2n) is 5.82. The minimum Gasteiger partial charge on any atom is -0.493 e. The van der Waals surface area contributed by atoms with Crippen LogP contribution < -0.4 is 14.8 Å². The Morgan fingerprint density at radius 2 is 2.04 bits per heavy atom. The molecule has 1 aliphatic carbocycles. The number of nitrogens with one attached hydrogen (secondary N) is 2. The summed E-state index contributed by atoms with van der Waals surface area (Å²) in [5.41, 5.74) is 3.00. The molecule has 1 amide bonds. The van der Waals surface area contributed by atoms with Gasteiger partial charge >= 0.3 is 0 Å². The summed E-state index contributed by atoms with van der Waals surface area (Å²) in [7, 11) is 3.17. The zero-order valence-corrected chi connectivity index (χ0v) is 14.1. The fraction of sp³-hybridized carbons (Fsp3) is 0.333. The zero-order chi connectivity index (χ0) is 17.1. The molecule has 0 aliphatic heterocycles. The van der Waals surface area contributed by atoms with Gasteiger partial charge in [0.2, 0.25) is 5.91 Å². The van der Waals surface area contributed by atoms with Crippen molar-refractivity contribution in [1.82, 2.24) is 10.2 Å². The average molecular weight is 327 g/mol. The third-order valence-electron chi connectivity index (χ3n) is 4.11. The molecule has 0 saturated heterocycles. The Kier molecular flexibility index (Phi) is 4.55. The van der Waals surface area contributed by atoms with Crippen LogP contribution in [0.25, 0.3) is 6.08 Å². The van der Waals surface area contributed by atoms with Crippen molar-refractivity contribution in [3.63, 3.8) is 0 Å². The summed E-state index contributed by atoms with van der Waals surface area (Å²) < 4.78 is 10.4. The van der Waals surface area contributed by atoms with Crippen LogP contribution in [0.3, 0.4) is 0 Å². The molecule has 0 bridgehead atoms. The normalized spacial score (nSPS) is 14.0. The Morgan fingerprint density at radius 3 is 2.71 bits per heavy atom. The first-order chi connectivity index (χ1) is 11.6. The Hall–Kier alpha value is -2.76. The summed E-state index contributed by atoms with van der Waals surface area (Å²) in [4.78, 5) is 12.1. The van der Waals surface area contributed by atoms with Gasteiger partial charge in [-0.25, -0.2) is 0 Å². The number of carbonyl (C=O) groups is 1. The molecule has 2 aromatic rings. The molecule has 1 aromatic heterocycles. The molecule has 1 saturated carbocycles. The van der Waals surface area contributed by atoms with Crippen LogP contribution in [0.15, 0.2) is 24.3 Å². The fourth-order valence-corrected chi connectivity index (χ4v) is 2.59. The molecule has 1 aliphatic rings. The van der Waals surface area contributed by atoms with E-state index < -0.39 is 0 Å². The molecule has 24 heavy (non-hydrogen) atoms. The van der Waals surface area contributed by atoms with Gasteiger partial charge in [-0.3, -0.25) is 9.89 Å². The van der Waals surface area contributed by atoms with Crippen molar-refractivity contribution in [3.8, 4) is 11.5 Å². The van der Waals surface area contributed by atoms with Gasteiger partial charge in [0.1, 0.15) is 0 Å². The van der Waals surface area contributed by atoms with Gasteiger partial charge in [-0.15, -0.1) is 0 Å². The summed E-state index contributed by atoms with van der Waals surface area (Å²) >= 11 is 0. The van der Waals surface area contributed by atoms with Crippen LogP contribution in [0.5, 0.6) is 11.5 Å². The quantitative estimate of drug-likeness (QED) is 0.799. The van der Waals surface area contributed by atoms with E-state index in [1.807, 2.05) is 19.1 Å². The second-order valence-corrected chi connectivity index (χ2v) is 5.82. The van der Waals surface area contributed by atoms with Crippen molar-refractivity contribution in [3.05, 3.63) is 41.1 Å². The topological polar surface area (TPSA) is 76.2 Å². The van der Waals surface area contributed by atoms with Crippen molar-refractivity contribution in [2.24, 2.45) is 0 Å². The molecule has 1 fully saturated rings. The van der Waals surface area contributed by atoms with E-state index in [0.29, 0.717) is 23.2 Å². The number of H-pyrrole nitrogens is 1. The van der Waals surface area contributed by atoms with Crippen LogP contribution in [0.4, 0.5) is 5.82 Å². The SMILES string of the molecule is COc1ccc(/C=C/C(=O)Nc2n[nH]c(C3CC3)c2C)cc1OC. The number of aromatic nitrogens is 2. The number of aromatic amines is 1. The molecule has 126 valence electrons. The summed E-state index contributed by atoms with van der Waals surface area (Å²) in [6.07, 6.45) is 5.58. The predicted octanol–water partition coefficient (Wildman–Crippen LogP) is 3.26. The van der Waals surface area contributed by atoms with E-state index in [1.54, 1.807) is 26.4 Å². The molecular weight excluding hydrogens is 306 g/mol. The monoisotopic (exact) mass is 327 g/mol. The highest BCUT2D eigenvalue weighted by Gasteiger charge is 2.28. The number of ether oxygens (including phenoxy) is 2. The summed E-state index contributed by atoms with van der Waals surface area (Å²) in [6, 6.07) is 5.47. The average Bonchev–Trinajstić information content (AvgIpc) is 3.38. The van der Waals surface area contributed by atoms with Gasteiger partial charge in [-0.2, -0.15) is 5.10 Å². The van der Waals surface area contributed by atoms with Gasteiger partial charge < -0.3 is 14.8 Å². The largest absolute Gasteiger partial charge is 0.493 e. The highest BCUT2D eigenvalue weighted by atomic mass is 16.5. The fourth-order valence-electron chi connectivity index (χ4n) is 2.59. The maximum absolute atomic E-state index is 12.1. The minimum absolute atomic E-state index is 0.221. The third kappa shape index (κ3) is 3.42. The number of hydrogen-bond acceptors (Lipinski definition) is 4. The van der Waals surface area contributed by atoms with E-state index in [4.69, 9.17) is 9.47 Å². The highest BCUT2D eigenvalue weighted by molar-refractivity contribution is 6.01. The Morgan fingerprint density at radius 1 is 1.29 bits per heavy atom. The van der Waals surface area contributed by atoms with E-state index in [2.05, 4.69) is 15.5 Å². The van der Waals surface area contributed by atoms with E-state index in [9.17, 15) is 4.79 Å². The number of hydrogen-bond donors (Lipinski definition) is 2. The standard InChI is InChI=1S/C18H21N3O3/c1-11-17(13-6-7-13)20-21-18(11)19-16(22)9-5-12-4-8-14(23-2)15(10-12)24-3/h4-5,8-10,13H,6-7H2,1-3H3,(H2,19,20,21,22)/b9-5+. The zero-order valence-electron chi connectivity index (χ0n) is 14.1. The molecule has 1 heterocycles. The summed E-state index contributed by atoms with van der Waals surface area (Å²) in [6.45, 7) is 1.98. The first kappa shape index (κ1) is 16.1. The van der Waals surface area contributed by atoms with Crippen molar-refractivity contribution < 1.29 is 14.3 Å². The lowest BCUT2D eigenvalue weighted by molar-refractivity contribution is -0.111. The van der Waals surface area contributed by atoms with E-state index in [0.717, 1.165) is 16.8 Å². The molecule has 6 heteroatoms. The molecule has 1 aromatic carbocycles. The van der Waals surface area contributed by atoms with Crippen LogP contribution in [0.2, 0.25) is 0 Å². The van der Waals surface area contributed by atoms with Gasteiger partial charge in [0.15, 0.2) is 17.3 Å². The number of methoxy groups -OCH3 is 2. The Labute approximate surface area is 140 Å². The van der Waals surface area contributed by atoms with Crippen LogP contribution in [0, 0.1) is 6.92 Å². The van der Waals surface area contributed by atoms with Gasteiger partial charge in [0, 0.05) is 23.3 Å². The van der Waals surface area contributed by atoms with Crippen LogP contribution in [0.1, 0.15) is 35.6 Å². The minimum atomic E-state index is -0.221. The van der Waals surface area contributed by atoms with Gasteiger partial charge in [0.05, 0.1) is 14.2 Å². The molecule has 0 radical (unpaired) electrons.